The minimum Gasteiger partial charge on any atom is -0.481 e. The molecule has 0 aromatic heterocycles. The van der Waals surface area contributed by atoms with Crippen molar-refractivity contribution >= 4 is 18.0 Å². The first kappa shape index (κ1) is 15.3. The summed E-state index contributed by atoms with van der Waals surface area (Å²) in [6.07, 6.45) is 1.81. The maximum Gasteiger partial charge on any atom is 0.326 e. The fourth-order valence-corrected chi connectivity index (χ4v) is 1.73. The summed E-state index contributed by atoms with van der Waals surface area (Å²) in [7, 11) is 0. The van der Waals surface area contributed by atoms with Crippen molar-refractivity contribution in [2.24, 2.45) is 5.92 Å². The number of urea groups is 1. The molecule has 0 bridgehead atoms. The van der Waals surface area contributed by atoms with Gasteiger partial charge in [-0.3, -0.25) is 4.79 Å². The van der Waals surface area contributed by atoms with E-state index in [4.69, 9.17) is 10.2 Å². The molecule has 108 valence electrons. The van der Waals surface area contributed by atoms with Gasteiger partial charge in [0.15, 0.2) is 0 Å². The zero-order chi connectivity index (χ0) is 14.4. The van der Waals surface area contributed by atoms with E-state index >= 15 is 0 Å². The first-order chi connectivity index (χ1) is 8.93. The Balaban J connectivity index is 2.48. The Morgan fingerprint density at radius 1 is 1.32 bits per heavy atom. The fraction of sp³-hybridized carbons (Fsp3) is 0.750. The maximum absolute atomic E-state index is 11.9. The zero-order valence-corrected chi connectivity index (χ0v) is 11.0. The highest BCUT2D eigenvalue weighted by molar-refractivity contribution is 5.83. The Bertz CT molecular complexity index is 354. The Morgan fingerprint density at radius 2 is 1.95 bits per heavy atom. The monoisotopic (exact) mass is 272 g/mol. The standard InChI is InChI=1S/C12H20N2O5/c1-2-14(7-8-3-4-8)12(19)13-9(11(17)18)5-6-10(15)16/h8-9H,2-7H2,1H3,(H,13,19)(H,15,16)(H,17,18). The Hall–Kier alpha value is -1.79. The van der Waals surface area contributed by atoms with Crippen LogP contribution < -0.4 is 5.32 Å². The largest absolute Gasteiger partial charge is 0.481 e. The Morgan fingerprint density at radius 3 is 2.37 bits per heavy atom. The number of carbonyl (C=O) groups is 3. The molecule has 0 aliphatic heterocycles. The van der Waals surface area contributed by atoms with Gasteiger partial charge in [-0.05, 0) is 32.1 Å². The van der Waals surface area contributed by atoms with Crippen LogP contribution in [0.25, 0.3) is 0 Å². The van der Waals surface area contributed by atoms with Crippen LogP contribution in [-0.4, -0.2) is 52.2 Å². The van der Waals surface area contributed by atoms with E-state index in [1.165, 1.54) is 0 Å². The lowest BCUT2D eigenvalue weighted by molar-refractivity contribution is -0.140. The summed E-state index contributed by atoms with van der Waals surface area (Å²) in [5.41, 5.74) is 0. The molecule has 0 spiro atoms. The molecule has 3 N–H and O–H groups in total. The number of carbonyl (C=O) groups excluding carboxylic acids is 1. The quantitative estimate of drug-likeness (QED) is 0.604. The number of rotatable bonds is 8. The zero-order valence-electron chi connectivity index (χ0n) is 11.0. The molecule has 1 saturated carbocycles. The van der Waals surface area contributed by atoms with Crippen molar-refractivity contribution in [2.45, 2.75) is 38.6 Å². The fourth-order valence-electron chi connectivity index (χ4n) is 1.73. The lowest BCUT2D eigenvalue weighted by atomic mass is 10.1. The molecule has 0 saturated heterocycles. The molecule has 19 heavy (non-hydrogen) atoms. The molecule has 1 aliphatic rings. The molecule has 1 rings (SSSR count). The third kappa shape index (κ3) is 5.58. The van der Waals surface area contributed by atoms with Crippen molar-refractivity contribution in [3.63, 3.8) is 0 Å². The van der Waals surface area contributed by atoms with Crippen molar-refractivity contribution < 1.29 is 24.6 Å². The SMILES string of the molecule is CCN(CC1CC1)C(=O)NC(CCC(=O)O)C(=O)O. The lowest BCUT2D eigenvalue weighted by Crippen LogP contribution is -2.48. The first-order valence-corrected chi connectivity index (χ1v) is 6.44. The van der Waals surface area contributed by atoms with E-state index in [9.17, 15) is 14.4 Å². The van der Waals surface area contributed by atoms with Crippen molar-refractivity contribution in [3.05, 3.63) is 0 Å². The molecule has 7 heteroatoms. The van der Waals surface area contributed by atoms with Crippen molar-refractivity contribution in [2.75, 3.05) is 13.1 Å². The van der Waals surface area contributed by atoms with Crippen LogP contribution in [0.5, 0.6) is 0 Å². The molecular weight excluding hydrogens is 252 g/mol. The molecule has 7 nitrogen and oxygen atoms in total. The number of hydrogen-bond acceptors (Lipinski definition) is 3. The van der Waals surface area contributed by atoms with Crippen LogP contribution >= 0.6 is 0 Å². The number of carboxylic acids is 2. The van der Waals surface area contributed by atoms with E-state index in [0.717, 1.165) is 12.8 Å². The number of nitrogens with zero attached hydrogens (tertiary/aromatic N) is 1. The van der Waals surface area contributed by atoms with E-state index in [2.05, 4.69) is 5.32 Å². The van der Waals surface area contributed by atoms with Gasteiger partial charge in [0.25, 0.3) is 0 Å². The van der Waals surface area contributed by atoms with Gasteiger partial charge in [-0.25, -0.2) is 9.59 Å². The summed E-state index contributed by atoms with van der Waals surface area (Å²) in [5, 5.41) is 19.9. The second-order valence-electron chi connectivity index (χ2n) is 4.75. The molecule has 1 aliphatic carbocycles. The highest BCUT2D eigenvalue weighted by atomic mass is 16.4. The van der Waals surface area contributed by atoms with Gasteiger partial charge in [0.05, 0.1) is 0 Å². The third-order valence-corrected chi connectivity index (χ3v) is 3.09. The predicted octanol–water partition coefficient (Wildman–Crippen LogP) is 0.746. The highest BCUT2D eigenvalue weighted by Gasteiger charge is 2.28. The molecule has 2 amide bonds. The van der Waals surface area contributed by atoms with Crippen LogP contribution in [-0.2, 0) is 9.59 Å². The Kier molecular flexibility index (Phi) is 5.59. The van der Waals surface area contributed by atoms with Crippen LogP contribution in [0.4, 0.5) is 4.79 Å². The average molecular weight is 272 g/mol. The van der Waals surface area contributed by atoms with Gasteiger partial charge in [-0.15, -0.1) is 0 Å². The summed E-state index contributed by atoms with van der Waals surface area (Å²) in [6.45, 7) is 2.97. The molecule has 1 unspecified atom stereocenters. The first-order valence-electron chi connectivity index (χ1n) is 6.44. The Labute approximate surface area is 111 Å². The molecule has 1 fully saturated rings. The number of nitrogens with one attached hydrogen (secondary N) is 1. The predicted molar refractivity (Wildman–Crippen MR) is 66.8 cm³/mol. The molecule has 0 aromatic rings. The van der Waals surface area contributed by atoms with Gasteiger partial charge < -0.3 is 20.4 Å². The maximum atomic E-state index is 11.9. The van der Waals surface area contributed by atoms with Crippen LogP contribution in [0, 0.1) is 5.92 Å². The number of amides is 2. The van der Waals surface area contributed by atoms with Gasteiger partial charge in [-0.1, -0.05) is 0 Å². The van der Waals surface area contributed by atoms with E-state index in [1.807, 2.05) is 6.92 Å². The van der Waals surface area contributed by atoms with Gasteiger partial charge in [-0.2, -0.15) is 0 Å². The van der Waals surface area contributed by atoms with Crippen molar-refractivity contribution in [3.8, 4) is 0 Å². The van der Waals surface area contributed by atoms with Crippen LogP contribution in [0.1, 0.15) is 32.6 Å². The summed E-state index contributed by atoms with van der Waals surface area (Å²) >= 11 is 0. The van der Waals surface area contributed by atoms with E-state index < -0.39 is 24.0 Å². The van der Waals surface area contributed by atoms with Gasteiger partial charge in [0.1, 0.15) is 6.04 Å². The normalized spacial score (nSPS) is 15.6. The highest BCUT2D eigenvalue weighted by Crippen LogP contribution is 2.29. The van der Waals surface area contributed by atoms with Gasteiger partial charge in [0.2, 0.25) is 0 Å². The minimum absolute atomic E-state index is 0.114. The third-order valence-electron chi connectivity index (χ3n) is 3.09. The van der Waals surface area contributed by atoms with Gasteiger partial charge in [0, 0.05) is 19.5 Å². The average Bonchev–Trinajstić information content (AvgIpc) is 3.14. The molecule has 0 aromatic carbocycles. The summed E-state index contributed by atoms with van der Waals surface area (Å²) in [6, 6.07) is -1.59. The number of carboxylic acid groups (broad SMARTS) is 2. The van der Waals surface area contributed by atoms with E-state index in [1.54, 1.807) is 4.90 Å². The second-order valence-corrected chi connectivity index (χ2v) is 4.75. The molecule has 0 radical (unpaired) electrons. The molecule has 0 heterocycles. The molecule has 1 atom stereocenters. The lowest BCUT2D eigenvalue weighted by Gasteiger charge is -2.23. The number of hydrogen-bond donors (Lipinski definition) is 3. The summed E-state index contributed by atoms with van der Waals surface area (Å²) < 4.78 is 0. The molecular formula is C12H20N2O5. The van der Waals surface area contributed by atoms with Crippen LogP contribution in [0.3, 0.4) is 0 Å². The topological polar surface area (TPSA) is 107 Å². The summed E-state index contributed by atoms with van der Waals surface area (Å²) in [4.78, 5) is 34.9. The van der Waals surface area contributed by atoms with Gasteiger partial charge >= 0.3 is 18.0 Å². The van der Waals surface area contributed by atoms with E-state index in [0.29, 0.717) is 19.0 Å². The number of aliphatic carboxylic acids is 2. The van der Waals surface area contributed by atoms with Crippen LogP contribution in [0.2, 0.25) is 0 Å². The minimum atomic E-state index is -1.21. The smallest absolute Gasteiger partial charge is 0.326 e. The van der Waals surface area contributed by atoms with Crippen molar-refractivity contribution in [1.82, 2.24) is 10.2 Å². The van der Waals surface area contributed by atoms with E-state index in [-0.39, 0.29) is 12.8 Å². The summed E-state index contributed by atoms with van der Waals surface area (Å²) in [5.74, 6) is -1.77. The second kappa shape index (κ2) is 6.96. The van der Waals surface area contributed by atoms with Crippen molar-refractivity contribution in [1.29, 1.82) is 0 Å². The van der Waals surface area contributed by atoms with Crippen LogP contribution in [0.15, 0.2) is 0 Å².